The molecule has 0 aliphatic carbocycles. The van der Waals surface area contributed by atoms with Crippen LogP contribution in [0.3, 0.4) is 0 Å². The number of rotatable bonds is 13. The highest BCUT2D eigenvalue weighted by molar-refractivity contribution is 5.94. The van der Waals surface area contributed by atoms with Crippen molar-refractivity contribution in [2.24, 2.45) is 0 Å². The van der Waals surface area contributed by atoms with Crippen molar-refractivity contribution in [3.05, 3.63) is 24.3 Å². The van der Waals surface area contributed by atoms with Crippen LogP contribution in [0.4, 0.5) is 11.5 Å². The number of ether oxygens (including phenoxy) is 1. The Hall–Kier alpha value is -2.13. The molecule has 0 fully saturated rings. The van der Waals surface area contributed by atoms with E-state index in [1.165, 1.54) is 0 Å². The van der Waals surface area contributed by atoms with Crippen molar-refractivity contribution in [3.8, 4) is 5.75 Å². The number of methoxy groups -OCH3 is 1. The minimum absolute atomic E-state index is 0.133. The first-order valence-corrected chi connectivity index (χ1v) is 8.88. The third-order valence-corrected chi connectivity index (χ3v) is 3.82. The number of aliphatic hydroxyl groups is 2. The average molecular weight is 363 g/mol. The van der Waals surface area contributed by atoms with E-state index in [-0.39, 0.29) is 13.2 Å². The lowest BCUT2D eigenvalue weighted by Crippen LogP contribution is -2.25. The number of nitrogens with zero attached hydrogens (tertiary/aromatic N) is 1. The van der Waals surface area contributed by atoms with Gasteiger partial charge in [-0.3, -0.25) is 0 Å². The number of anilines is 2. The molecule has 6 N–H and O–H groups in total. The minimum Gasteiger partial charge on any atom is -0.497 e. The Balaban J connectivity index is 2.09. The van der Waals surface area contributed by atoms with Gasteiger partial charge in [-0.1, -0.05) is 0 Å². The summed E-state index contributed by atoms with van der Waals surface area (Å²) in [5, 5.41) is 31.6. The third-order valence-electron chi connectivity index (χ3n) is 3.82. The fourth-order valence-corrected chi connectivity index (χ4v) is 2.54. The monoisotopic (exact) mass is 363 g/mol. The lowest BCUT2D eigenvalue weighted by atomic mass is 10.1. The summed E-state index contributed by atoms with van der Waals surface area (Å²) in [6, 6.07) is 7.80. The molecule has 0 unspecified atom stereocenters. The third kappa shape index (κ3) is 6.30. The zero-order valence-corrected chi connectivity index (χ0v) is 15.2. The Labute approximate surface area is 154 Å². The first-order valence-electron chi connectivity index (χ1n) is 8.88. The van der Waals surface area contributed by atoms with E-state index in [1.54, 1.807) is 7.11 Å². The molecule has 144 valence electrons. The molecule has 1 heterocycles. The molecular formula is C18H29N5O3. The smallest absolute Gasteiger partial charge is 0.128 e. The SMILES string of the molecule is COc1ccc2nc(NCCNCCO)cc(NCCNCCO)c2c1. The maximum absolute atomic E-state index is 8.82. The van der Waals surface area contributed by atoms with E-state index in [2.05, 4.69) is 26.3 Å². The molecule has 1 aromatic carbocycles. The fraction of sp³-hybridized carbons (Fsp3) is 0.500. The second-order valence-corrected chi connectivity index (χ2v) is 5.74. The quantitative estimate of drug-likeness (QED) is 0.281. The highest BCUT2D eigenvalue weighted by Gasteiger charge is 2.07. The van der Waals surface area contributed by atoms with Crippen molar-refractivity contribution >= 4 is 22.4 Å². The van der Waals surface area contributed by atoms with Crippen LogP contribution >= 0.6 is 0 Å². The number of fused-ring (bicyclic) bond motifs is 1. The maximum Gasteiger partial charge on any atom is 0.128 e. The molecule has 0 atom stereocenters. The van der Waals surface area contributed by atoms with Crippen LogP contribution in [-0.4, -0.2) is 74.8 Å². The summed E-state index contributed by atoms with van der Waals surface area (Å²) in [4.78, 5) is 4.65. The molecule has 0 amide bonds. The summed E-state index contributed by atoms with van der Waals surface area (Å²) in [6.07, 6.45) is 0. The molecule has 0 saturated carbocycles. The molecule has 26 heavy (non-hydrogen) atoms. The van der Waals surface area contributed by atoms with Gasteiger partial charge in [0.05, 0.1) is 25.8 Å². The van der Waals surface area contributed by atoms with Crippen LogP contribution in [0.5, 0.6) is 5.75 Å². The number of pyridine rings is 1. The Kier molecular flexibility index (Phi) is 8.91. The minimum atomic E-state index is 0.133. The van der Waals surface area contributed by atoms with Crippen LogP contribution in [0.25, 0.3) is 10.9 Å². The molecule has 0 bridgehead atoms. The highest BCUT2D eigenvalue weighted by atomic mass is 16.5. The molecule has 0 radical (unpaired) electrons. The van der Waals surface area contributed by atoms with Gasteiger partial charge in [0.2, 0.25) is 0 Å². The zero-order chi connectivity index (χ0) is 18.6. The van der Waals surface area contributed by atoms with Gasteiger partial charge in [0.1, 0.15) is 11.6 Å². The van der Waals surface area contributed by atoms with Crippen molar-refractivity contribution in [3.63, 3.8) is 0 Å². The molecule has 0 aliphatic rings. The molecule has 2 aromatic rings. The Morgan fingerprint density at radius 3 is 2.23 bits per heavy atom. The Morgan fingerprint density at radius 2 is 1.58 bits per heavy atom. The van der Waals surface area contributed by atoms with Crippen LogP contribution in [0, 0.1) is 0 Å². The number of nitrogens with one attached hydrogen (secondary N) is 4. The molecule has 0 spiro atoms. The summed E-state index contributed by atoms with van der Waals surface area (Å²) in [5.74, 6) is 1.58. The van der Waals surface area contributed by atoms with E-state index in [0.717, 1.165) is 47.8 Å². The van der Waals surface area contributed by atoms with Crippen LogP contribution in [-0.2, 0) is 0 Å². The van der Waals surface area contributed by atoms with E-state index < -0.39 is 0 Å². The number of aromatic nitrogens is 1. The van der Waals surface area contributed by atoms with E-state index in [4.69, 9.17) is 14.9 Å². The van der Waals surface area contributed by atoms with Crippen LogP contribution in [0.1, 0.15) is 0 Å². The topological polar surface area (TPSA) is 111 Å². The number of hydrogen-bond donors (Lipinski definition) is 6. The normalized spacial score (nSPS) is 10.9. The second kappa shape index (κ2) is 11.5. The first-order chi connectivity index (χ1) is 12.8. The zero-order valence-electron chi connectivity index (χ0n) is 15.2. The molecule has 8 heteroatoms. The van der Waals surface area contributed by atoms with Crippen LogP contribution in [0.15, 0.2) is 24.3 Å². The van der Waals surface area contributed by atoms with E-state index >= 15 is 0 Å². The number of benzene rings is 1. The van der Waals surface area contributed by atoms with Gasteiger partial charge in [-0.25, -0.2) is 4.98 Å². The Bertz CT molecular complexity index is 669. The maximum atomic E-state index is 8.82. The lowest BCUT2D eigenvalue weighted by Gasteiger charge is -2.14. The standard InChI is InChI=1S/C18H29N5O3/c1-26-14-2-3-16-15(12-14)17(21-6-4-19-8-10-24)13-18(23-16)22-7-5-20-9-11-25/h2-3,12-13,19-20,24-25H,4-11H2,1H3,(H2,21,22,23). The van der Waals surface area contributed by atoms with Crippen molar-refractivity contribution in [2.75, 3.05) is 70.2 Å². The molecular weight excluding hydrogens is 334 g/mol. The van der Waals surface area contributed by atoms with Gasteiger partial charge >= 0.3 is 0 Å². The molecule has 0 saturated heterocycles. The van der Waals surface area contributed by atoms with Gasteiger partial charge in [-0.05, 0) is 18.2 Å². The van der Waals surface area contributed by atoms with Crippen molar-refractivity contribution in [1.82, 2.24) is 15.6 Å². The summed E-state index contributed by atoms with van der Waals surface area (Å²) in [5.41, 5.74) is 1.86. The van der Waals surface area contributed by atoms with Crippen molar-refractivity contribution in [1.29, 1.82) is 0 Å². The summed E-state index contributed by atoms with van der Waals surface area (Å²) in [6.45, 7) is 4.38. The number of hydrogen-bond acceptors (Lipinski definition) is 8. The molecule has 1 aromatic heterocycles. The average Bonchev–Trinajstić information content (AvgIpc) is 2.67. The second-order valence-electron chi connectivity index (χ2n) is 5.74. The predicted octanol–water partition coefficient (Wildman–Crippen LogP) is 0.231. The lowest BCUT2D eigenvalue weighted by molar-refractivity contribution is 0.293. The van der Waals surface area contributed by atoms with Gasteiger partial charge in [-0.2, -0.15) is 0 Å². The van der Waals surface area contributed by atoms with Crippen LogP contribution in [0.2, 0.25) is 0 Å². The van der Waals surface area contributed by atoms with E-state index in [1.807, 2.05) is 24.3 Å². The largest absolute Gasteiger partial charge is 0.497 e. The van der Waals surface area contributed by atoms with Gasteiger partial charge in [0.25, 0.3) is 0 Å². The summed E-state index contributed by atoms with van der Waals surface area (Å²) >= 11 is 0. The summed E-state index contributed by atoms with van der Waals surface area (Å²) in [7, 11) is 1.65. The molecule has 2 rings (SSSR count). The Morgan fingerprint density at radius 1 is 0.885 bits per heavy atom. The van der Waals surface area contributed by atoms with Crippen LogP contribution < -0.4 is 26.0 Å². The summed E-state index contributed by atoms with van der Waals surface area (Å²) < 4.78 is 5.33. The molecule has 0 aliphatic heterocycles. The predicted molar refractivity (Wildman–Crippen MR) is 105 cm³/mol. The van der Waals surface area contributed by atoms with Crippen molar-refractivity contribution < 1.29 is 14.9 Å². The fourth-order valence-electron chi connectivity index (χ4n) is 2.54. The first kappa shape index (κ1) is 20.2. The van der Waals surface area contributed by atoms with Gasteiger partial charge in [0, 0.05) is 56.4 Å². The van der Waals surface area contributed by atoms with Gasteiger partial charge in [0.15, 0.2) is 0 Å². The highest BCUT2D eigenvalue weighted by Crippen LogP contribution is 2.28. The van der Waals surface area contributed by atoms with E-state index in [9.17, 15) is 0 Å². The van der Waals surface area contributed by atoms with Gasteiger partial charge in [-0.15, -0.1) is 0 Å². The van der Waals surface area contributed by atoms with Gasteiger partial charge < -0.3 is 36.2 Å². The number of aliphatic hydroxyl groups excluding tert-OH is 2. The molecule has 8 nitrogen and oxygen atoms in total. The van der Waals surface area contributed by atoms with E-state index in [0.29, 0.717) is 19.6 Å². The van der Waals surface area contributed by atoms with Crippen molar-refractivity contribution in [2.45, 2.75) is 0 Å².